The van der Waals surface area contributed by atoms with Crippen LogP contribution in [0.4, 0.5) is 0 Å². The van der Waals surface area contributed by atoms with Crippen molar-refractivity contribution in [1.29, 1.82) is 0 Å². The summed E-state index contributed by atoms with van der Waals surface area (Å²) in [5, 5.41) is 0. The fourth-order valence-electron chi connectivity index (χ4n) is 1.31. The maximum atomic E-state index is 5.95. The fraction of sp³-hybridized carbons (Fsp3) is 0.333. The summed E-state index contributed by atoms with van der Waals surface area (Å²) in [6, 6.07) is 6.46. The second kappa shape index (κ2) is 5.84. The molecule has 1 atom stereocenters. The first-order chi connectivity index (χ1) is 6.15. The van der Waals surface area contributed by atoms with Crippen LogP contribution in [0.1, 0.15) is 29.2 Å². The van der Waals surface area contributed by atoms with Crippen molar-refractivity contribution in [1.82, 2.24) is 0 Å². The van der Waals surface area contributed by atoms with Gasteiger partial charge in [0.05, 0.1) is 0 Å². The minimum atomic E-state index is 0. The van der Waals surface area contributed by atoms with Gasteiger partial charge in [-0.3, -0.25) is 0 Å². The van der Waals surface area contributed by atoms with Gasteiger partial charge in [-0.1, -0.05) is 24.3 Å². The van der Waals surface area contributed by atoms with E-state index in [4.69, 9.17) is 5.73 Å². The second-order valence-electron chi connectivity index (χ2n) is 3.47. The molecule has 0 radical (unpaired) electrons. The molecule has 0 amide bonds. The minimum absolute atomic E-state index is 0. The number of rotatable bonds is 3. The molecule has 0 aliphatic heterocycles. The molecule has 1 rings (SSSR count). The molecule has 14 heavy (non-hydrogen) atoms. The third kappa shape index (κ3) is 3.17. The smallest absolute Gasteiger partial charge is 0.0329 e. The van der Waals surface area contributed by atoms with Crippen LogP contribution in [0.25, 0.3) is 0 Å². The van der Waals surface area contributed by atoms with Gasteiger partial charge in [0.2, 0.25) is 0 Å². The van der Waals surface area contributed by atoms with Crippen LogP contribution in [0.15, 0.2) is 30.9 Å². The number of halogens is 1. The van der Waals surface area contributed by atoms with E-state index in [1.54, 1.807) is 0 Å². The van der Waals surface area contributed by atoms with Gasteiger partial charge in [-0.25, -0.2) is 0 Å². The molecule has 78 valence electrons. The summed E-state index contributed by atoms with van der Waals surface area (Å²) < 4.78 is 0. The third-order valence-corrected chi connectivity index (χ3v) is 2.38. The van der Waals surface area contributed by atoms with Crippen molar-refractivity contribution in [2.24, 2.45) is 5.73 Å². The Morgan fingerprint density at radius 1 is 1.36 bits per heavy atom. The van der Waals surface area contributed by atoms with Gasteiger partial charge in [0.15, 0.2) is 0 Å². The van der Waals surface area contributed by atoms with Crippen LogP contribution in [0.5, 0.6) is 0 Å². The first-order valence-corrected chi connectivity index (χ1v) is 4.58. The van der Waals surface area contributed by atoms with Crippen LogP contribution < -0.4 is 5.73 Å². The molecular weight excluding hydrogens is 194 g/mol. The van der Waals surface area contributed by atoms with Crippen LogP contribution in [0.3, 0.4) is 0 Å². The highest BCUT2D eigenvalue weighted by Gasteiger charge is 2.04. The lowest BCUT2D eigenvalue weighted by atomic mass is 10.00. The van der Waals surface area contributed by atoms with E-state index in [9.17, 15) is 0 Å². The van der Waals surface area contributed by atoms with Gasteiger partial charge in [-0.2, -0.15) is 0 Å². The normalized spacial score (nSPS) is 11.6. The average Bonchev–Trinajstić information content (AvgIpc) is 2.10. The second-order valence-corrected chi connectivity index (χ2v) is 3.47. The summed E-state index contributed by atoms with van der Waals surface area (Å²) in [6.07, 6.45) is 2.70. The molecular formula is C12H18ClN. The maximum absolute atomic E-state index is 5.95. The van der Waals surface area contributed by atoms with Gasteiger partial charge in [0.1, 0.15) is 0 Å². The summed E-state index contributed by atoms with van der Waals surface area (Å²) in [7, 11) is 0. The van der Waals surface area contributed by atoms with Crippen molar-refractivity contribution in [2.75, 3.05) is 0 Å². The summed E-state index contributed by atoms with van der Waals surface area (Å²) in [6.45, 7) is 7.91. The Hall–Kier alpha value is -0.790. The van der Waals surface area contributed by atoms with Crippen molar-refractivity contribution in [3.05, 3.63) is 47.5 Å². The van der Waals surface area contributed by atoms with E-state index in [1.807, 2.05) is 6.08 Å². The van der Waals surface area contributed by atoms with Gasteiger partial charge < -0.3 is 5.73 Å². The zero-order valence-electron chi connectivity index (χ0n) is 8.79. The van der Waals surface area contributed by atoms with E-state index < -0.39 is 0 Å². The first kappa shape index (κ1) is 13.2. The van der Waals surface area contributed by atoms with Crippen molar-refractivity contribution < 1.29 is 0 Å². The number of hydrogen-bond donors (Lipinski definition) is 1. The van der Waals surface area contributed by atoms with E-state index in [-0.39, 0.29) is 18.4 Å². The van der Waals surface area contributed by atoms with E-state index in [0.29, 0.717) is 0 Å². The Morgan fingerprint density at radius 3 is 2.50 bits per heavy atom. The van der Waals surface area contributed by atoms with Gasteiger partial charge in [0.25, 0.3) is 0 Å². The van der Waals surface area contributed by atoms with E-state index >= 15 is 0 Å². The third-order valence-electron chi connectivity index (χ3n) is 2.38. The highest BCUT2D eigenvalue weighted by molar-refractivity contribution is 5.85. The molecule has 0 bridgehead atoms. The van der Waals surface area contributed by atoms with E-state index in [1.165, 1.54) is 16.7 Å². The molecule has 2 heteroatoms. The molecule has 0 saturated carbocycles. The highest BCUT2D eigenvalue weighted by atomic mass is 35.5. The van der Waals surface area contributed by atoms with Crippen LogP contribution in [0, 0.1) is 13.8 Å². The summed E-state index contributed by atoms with van der Waals surface area (Å²) in [4.78, 5) is 0. The zero-order chi connectivity index (χ0) is 9.84. The predicted octanol–water partition coefficient (Wildman–Crippen LogP) is 3.30. The summed E-state index contributed by atoms with van der Waals surface area (Å²) in [5.41, 5.74) is 9.77. The van der Waals surface area contributed by atoms with Crippen molar-refractivity contribution in [3.63, 3.8) is 0 Å². The SMILES string of the molecule is C=CC[C@H](N)c1ccc(C)c(C)c1.Cl. The average molecular weight is 212 g/mol. The number of hydrogen-bond acceptors (Lipinski definition) is 1. The number of nitrogens with two attached hydrogens (primary N) is 1. The molecule has 1 aromatic carbocycles. The topological polar surface area (TPSA) is 26.0 Å². The van der Waals surface area contributed by atoms with Gasteiger partial charge in [0, 0.05) is 6.04 Å². The van der Waals surface area contributed by atoms with E-state index in [2.05, 4.69) is 38.6 Å². The lowest BCUT2D eigenvalue weighted by Crippen LogP contribution is -2.09. The Kier molecular flexibility index (Phi) is 5.51. The van der Waals surface area contributed by atoms with Crippen LogP contribution in [0.2, 0.25) is 0 Å². The molecule has 0 aliphatic carbocycles. The van der Waals surface area contributed by atoms with E-state index in [0.717, 1.165) is 6.42 Å². The maximum Gasteiger partial charge on any atom is 0.0329 e. The quantitative estimate of drug-likeness (QED) is 0.763. The lowest BCUT2D eigenvalue weighted by Gasteiger charge is -2.11. The van der Waals surface area contributed by atoms with Gasteiger partial charge in [-0.15, -0.1) is 19.0 Å². The predicted molar refractivity (Wildman–Crippen MR) is 64.9 cm³/mol. The molecule has 2 N–H and O–H groups in total. The molecule has 0 spiro atoms. The molecule has 0 heterocycles. The largest absolute Gasteiger partial charge is 0.324 e. The van der Waals surface area contributed by atoms with Crippen molar-refractivity contribution >= 4 is 12.4 Å². The molecule has 1 nitrogen and oxygen atoms in total. The van der Waals surface area contributed by atoms with Crippen LogP contribution in [-0.2, 0) is 0 Å². The molecule has 1 aromatic rings. The first-order valence-electron chi connectivity index (χ1n) is 4.58. The highest BCUT2D eigenvalue weighted by Crippen LogP contribution is 2.17. The van der Waals surface area contributed by atoms with Gasteiger partial charge >= 0.3 is 0 Å². The Bertz CT molecular complexity index is 307. The molecule has 0 aromatic heterocycles. The van der Waals surface area contributed by atoms with Crippen LogP contribution >= 0.6 is 12.4 Å². The van der Waals surface area contributed by atoms with Crippen LogP contribution in [-0.4, -0.2) is 0 Å². The summed E-state index contributed by atoms with van der Waals surface area (Å²) >= 11 is 0. The van der Waals surface area contributed by atoms with Crippen molar-refractivity contribution in [2.45, 2.75) is 26.3 Å². The van der Waals surface area contributed by atoms with Gasteiger partial charge in [-0.05, 0) is 37.0 Å². The van der Waals surface area contributed by atoms with Crippen molar-refractivity contribution in [3.8, 4) is 0 Å². The standard InChI is InChI=1S/C12H17N.ClH/c1-4-5-12(13)11-7-6-9(2)10(3)8-11;/h4,6-8,12H,1,5,13H2,2-3H3;1H/t12-;/m0./s1. The Labute approximate surface area is 92.4 Å². The lowest BCUT2D eigenvalue weighted by molar-refractivity contribution is 0.740. The number of aryl methyl sites for hydroxylation is 2. The Morgan fingerprint density at radius 2 is 2.00 bits per heavy atom. The molecule has 0 saturated heterocycles. The molecule has 0 fully saturated rings. The molecule has 0 unspecified atom stereocenters. The zero-order valence-corrected chi connectivity index (χ0v) is 9.60. The fourth-order valence-corrected chi connectivity index (χ4v) is 1.31. The Balaban J connectivity index is 0.00000169. The summed E-state index contributed by atoms with van der Waals surface area (Å²) in [5.74, 6) is 0. The molecule has 0 aliphatic rings. The number of benzene rings is 1. The minimum Gasteiger partial charge on any atom is -0.324 e. The monoisotopic (exact) mass is 211 g/mol.